The lowest BCUT2D eigenvalue weighted by Gasteiger charge is -2.01. The van der Waals surface area contributed by atoms with Crippen molar-refractivity contribution < 1.29 is 0 Å². The first-order chi connectivity index (χ1) is 6.86. The Kier molecular flexibility index (Phi) is 2.70. The van der Waals surface area contributed by atoms with E-state index in [2.05, 4.69) is 15.0 Å². The molecule has 0 fully saturated rings. The van der Waals surface area contributed by atoms with E-state index < -0.39 is 0 Å². The monoisotopic (exact) mass is 205 g/mol. The number of rotatable bonds is 2. The maximum absolute atomic E-state index is 5.93. The van der Waals surface area contributed by atoms with E-state index in [9.17, 15) is 0 Å². The molecule has 0 aliphatic carbocycles. The molecular weight excluding hydrogens is 198 g/mol. The summed E-state index contributed by atoms with van der Waals surface area (Å²) < 4.78 is 0. The van der Waals surface area contributed by atoms with Crippen LogP contribution in [0.25, 0.3) is 0 Å². The highest BCUT2D eigenvalue weighted by Crippen LogP contribution is 2.14. The molecule has 0 saturated carbocycles. The second-order valence-electron chi connectivity index (χ2n) is 2.85. The van der Waals surface area contributed by atoms with Gasteiger partial charge in [0.15, 0.2) is 0 Å². The highest BCUT2D eigenvalue weighted by molar-refractivity contribution is 6.31. The van der Waals surface area contributed by atoms with Crippen LogP contribution in [0.2, 0.25) is 5.02 Å². The van der Waals surface area contributed by atoms with Crippen LogP contribution in [0.3, 0.4) is 0 Å². The minimum absolute atomic E-state index is 0.601. The van der Waals surface area contributed by atoms with Crippen molar-refractivity contribution in [1.82, 2.24) is 15.0 Å². The van der Waals surface area contributed by atoms with Gasteiger partial charge in [-0.1, -0.05) is 11.6 Å². The summed E-state index contributed by atoms with van der Waals surface area (Å²) in [7, 11) is 0. The topological polar surface area (TPSA) is 38.7 Å². The molecule has 2 heterocycles. The zero-order valence-electron chi connectivity index (χ0n) is 7.39. The molecule has 4 heteroatoms. The minimum atomic E-state index is 0.601. The van der Waals surface area contributed by atoms with E-state index in [-0.39, 0.29) is 0 Å². The zero-order valence-corrected chi connectivity index (χ0v) is 8.15. The Bertz CT molecular complexity index is 417. The number of hydrogen-bond donors (Lipinski definition) is 0. The average Bonchev–Trinajstić information content (AvgIpc) is 2.23. The van der Waals surface area contributed by atoms with Crippen molar-refractivity contribution in [3.63, 3.8) is 0 Å². The van der Waals surface area contributed by atoms with Gasteiger partial charge in [-0.3, -0.25) is 4.98 Å². The summed E-state index contributed by atoms with van der Waals surface area (Å²) in [5, 5.41) is 0.601. The Hall–Kier alpha value is -1.48. The summed E-state index contributed by atoms with van der Waals surface area (Å²) >= 11 is 5.93. The van der Waals surface area contributed by atoms with Crippen LogP contribution < -0.4 is 0 Å². The van der Waals surface area contributed by atoms with Crippen LogP contribution in [0.4, 0.5) is 0 Å². The molecule has 2 rings (SSSR count). The highest BCUT2D eigenvalue weighted by Gasteiger charge is 2.01. The normalized spacial score (nSPS) is 10.1. The quantitative estimate of drug-likeness (QED) is 0.754. The largest absolute Gasteiger partial charge is 0.265 e. The van der Waals surface area contributed by atoms with Crippen LogP contribution >= 0.6 is 11.6 Å². The second-order valence-corrected chi connectivity index (χ2v) is 3.26. The van der Waals surface area contributed by atoms with E-state index >= 15 is 0 Å². The molecule has 0 saturated heterocycles. The zero-order chi connectivity index (χ0) is 9.80. The molecule has 0 aliphatic heterocycles. The molecule has 0 radical (unpaired) electrons. The van der Waals surface area contributed by atoms with E-state index in [1.807, 2.05) is 12.1 Å². The molecule has 2 aromatic heterocycles. The number of aromatic nitrogens is 3. The predicted molar refractivity (Wildman–Crippen MR) is 54.1 cm³/mol. The molecule has 0 aromatic carbocycles. The van der Waals surface area contributed by atoms with E-state index in [0.29, 0.717) is 11.4 Å². The van der Waals surface area contributed by atoms with Crippen LogP contribution in [0.5, 0.6) is 0 Å². The summed E-state index contributed by atoms with van der Waals surface area (Å²) in [6.07, 6.45) is 7.33. The van der Waals surface area contributed by atoms with Crippen LogP contribution in [0, 0.1) is 0 Å². The Morgan fingerprint density at radius 3 is 2.64 bits per heavy atom. The lowest BCUT2D eigenvalue weighted by Crippen LogP contribution is -1.94. The average molecular weight is 206 g/mol. The van der Waals surface area contributed by atoms with Crippen LogP contribution in [0.1, 0.15) is 11.3 Å². The first-order valence-electron chi connectivity index (χ1n) is 4.19. The lowest BCUT2D eigenvalue weighted by molar-refractivity contribution is 1.02. The van der Waals surface area contributed by atoms with Gasteiger partial charge in [-0.2, -0.15) is 0 Å². The summed E-state index contributed by atoms with van der Waals surface area (Å²) in [6, 6.07) is 3.89. The molecular formula is C10H8ClN3. The summed E-state index contributed by atoms with van der Waals surface area (Å²) in [4.78, 5) is 11.9. The molecule has 0 unspecified atom stereocenters. The molecule has 0 atom stereocenters. The van der Waals surface area contributed by atoms with Gasteiger partial charge in [-0.05, 0) is 17.7 Å². The van der Waals surface area contributed by atoms with Crippen molar-refractivity contribution in [3.05, 3.63) is 53.3 Å². The van der Waals surface area contributed by atoms with Gasteiger partial charge in [-0.15, -0.1) is 0 Å². The molecule has 0 N–H and O–H groups in total. The third kappa shape index (κ3) is 2.06. The summed E-state index contributed by atoms with van der Waals surface area (Å²) in [6.45, 7) is 0. The van der Waals surface area contributed by atoms with Crippen LogP contribution in [-0.4, -0.2) is 15.0 Å². The van der Waals surface area contributed by atoms with Gasteiger partial charge in [0.1, 0.15) is 6.33 Å². The van der Waals surface area contributed by atoms with E-state index in [1.54, 1.807) is 18.6 Å². The molecule has 70 valence electrons. The fourth-order valence-corrected chi connectivity index (χ4v) is 1.33. The number of halogens is 1. The summed E-state index contributed by atoms with van der Waals surface area (Å²) in [5.41, 5.74) is 1.98. The van der Waals surface area contributed by atoms with Crippen molar-refractivity contribution in [2.75, 3.05) is 0 Å². The first kappa shape index (κ1) is 9.09. The van der Waals surface area contributed by atoms with Gasteiger partial charge in [0.2, 0.25) is 0 Å². The van der Waals surface area contributed by atoms with Gasteiger partial charge in [-0.25, -0.2) is 9.97 Å². The molecule has 3 nitrogen and oxygen atoms in total. The SMILES string of the molecule is Clc1cncnc1Cc1ccncc1. The van der Waals surface area contributed by atoms with Crippen LogP contribution in [-0.2, 0) is 6.42 Å². The predicted octanol–water partition coefficient (Wildman–Crippen LogP) is 2.12. The van der Waals surface area contributed by atoms with E-state index in [1.165, 1.54) is 6.33 Å². The maximum Gasteiger partial charge on any atom is 0.115 e. The van der Waals surface area contributed by atoms with Crippen LogP contribution in [0.15, 0.2) is 37.1 Å². The number of nitrogens with zero attached hydrogens (tertiary/aromatic N) is 3. The Morgan fingerprint density at radius 2 is 1.93 bits per heavy atom. The van der Waals surface area contributed by atoms with Crippen molar-refractivity contribution in [2.45, 2.75) is 6.42 Å². The molecule has 14 heavy (non-hydrogen) atoms. The number of pyridine rings is 1. The molecule has 0 amide bonds. The fourth-order valence-electron chi connectivity index (χ4n) is 1.16. The van der Waals surface area contributed by atoms with Crippen molar-refractivity contribution in [3.8, 4) is 0 Å². The molecule has 0 aliphatic rings. The third-order valence-electron chi connectivity index (χ3n) is 1.86. The van der Waals surface area contributed by atoms with Gasteiger partial charge >= 0.3 is 0 Å². The second kappa shape index (κ2) is 4.15. The maximum atomic E-state index is 5.93. The Labute approximate surface area is 86.8 Å². The van der Waals surface area contributed by atoms with Crippen molar-refractivity contribution >= 4 is 11.6 Å². The Balaban J connectivity index is 2.24. The van der Waals surface area contributed by atoms with Gasteiger partial charge in [0.05, 0.1) is 10.7 Å². The van der Waals surface area contributed by atoms with Crippen molar-refractivity contribution in [1.29, 1.82) is 0 Å². The minimum Gasteiger partial charge on any atom is -0.265 e. The molecule has 0 spiro atoms. The van der Waals surface area contributed by atoms with Gasteiger partial charge in [0.25, 0.3) is 0 Å². The third-order valence-corrected chi connectivity index (χ3v) is 2.18. The van der Waals surface area contributed by atoms with Gasteiger partial charge in [0, 0.05) is 25.0 Å². The molecule has 0 bridgehead atoms. The van der Waals surface area contributed by atoms with E-state index in [0.717, 1.165) is 11.3 Å². The summed E-state index contributed by atoms with van der Waals surface area (Å²) in [5.74, 6) is 0. The highest BCUT2D eigenvalue weighted by atomic mass is 35.5. The van der Waals surface area contributed by atoms with Crippen molar-refractivity contribution in [2.24, 2.45) is 0 Å². The Morgan fingerprint density at radius 1 is 1.14 bits per heavy atom. The van der Waals surface area contributed by atoms with Gasteiger partial charge < -0.3 is 0 Å². The number of hydrogen-bond acceptors (Lipinski definition) is 3. The standard InChI is InChI=1S/C10H8ClN3/c11-9-6-13-7-14-10(9)5-8-1-3-12-4-2-8/h1-4,6-7H,5H2. The molecule has 2 aromatic rings. The smallest absolute Gasteiger partial charge is 0.115 e. The lowest BCUT2D eigenvalue weighted by atomic mass is 10.1. The fraction of sp³-hybridized carbons (Fsp3) is 0.100. The first-order valence-corrected chi connectivity index (χ1v) is 4.57. The van der Waals surface area contributed by atoms with E-state index in [4.69, 9.17) is 11.6 Å².